The highest BCUT2D eigenvalue weighted by Gasteiger charge is 2.26. The van der Waals surface area contributed by atoms with E-state index < -0.39 is 5.41 Å². The Balaban J connectivity index is 2.53. The second kappa shape index (κ2) is 4.25. The average Bonchev–Trinajstić information content (AvgIpc) is 2.28. The van der Waals surface area contributed by atoms with Crippen LogP contribution in [0.5, 0.6) is 0 Å². The molecule has 0 bridgehead atoms. The molecule has 0 spiro atoms. The molecule has 18 heavy (non-hydrogen) atoms. The normalized spacial score (nSPS) is 11.5. The molecule has 2 rings (SSSR count). The van der Waals surface area contributed by atoms with Crippen LogP contribution < -0.4 is 11.3 Å². The molecular formula is C13H14FN3O. The van der Waals surface area contributed by atoms with Gasteiger partial charge in [-0.1, -0.05) is 12.1 Å². The van der Waals surface area contributed by atoms with Gasteiger partial charge in [0.25, 0.3) is 5.56 Å². The van der Waals surface area contributed by atoms with Crippen LogP contribution in [0.2, 0.25) is 0 Å². The van der Waals surface area contributed by atoms with Gasteiger partial charge < -0.3 is 10.7 Å². The molecule has 0 aliphatic rings. The van der Waals surface area contributed by atoms with Gasteiger partial charge in [-0.25, -0.2) is 9.37 Å². The zero-order chi connectivity index (χ0) is 13.3. The molecule has 0 fully saturated rings. The molecule has 0 atom stereocenters. The van der Waals surface area contributed by atoms with Crippen molar-refractivity contribution in [2.75, 3.05) is 5.73 Å². The molecule has 1 heterocycles. The van der Waals surface area contributed by atoms with Gasteiger partial charge in [0.15, 0.2) is 0 Å². The minimum absolute atomic E-state index is 0.170. The maximum absolute atomic E-state index is 12.9. The maximum Gasteiger partial charge on any atom is 0.252 e. The number of hydrogen-bond donors (Lipinski definition) is 2. The predicted octanol–water partition coefficient (Wildman–Crippen LogP) is 1.82. The maximum atomic E-state index is 12.9. The van der Waals surface area contributed by atoms with Gasteiger partial charge in [0.2, 0.25) is 0 Å². The molecule has 4 nitrogen and oxygen atoms in total. The van der Waals surface area contributed by atoms with Crippen molar-refractivity contribution in [3.63, 3.8) is 0 Å². The summed E-state index contributed by atoms with van der Waals surface area (Å²) in [4.78, 5) is 18.2. The van der Waals surface area contributed by atoms with E-state index in [4.69, 9.17) is 5.73 Å². The zero-order valence-corrected chi connectivity index (χ0v) is 10.2. The summed E-state index contributed by atoms with van der Waals surface area (Å²) >= 11 is 0. The van der Waals surface area contributed by atoms with Gasteiger partial charge in [0.1, 0.15) is 17.5 Å². The summed E-state index contributed by atoms with van der Waals surface area (Å²) in [6.07, 6.45) is 0. The van der Waals surface area contributed by atoms with E-state index in [0.29, 0.717) is 5.82 Å². The van der Waals surface area contributed by atoms with Gasteiger partial charge in [-0.2, -0.15) is 0 Å². The monoisotopic (exact) mass is 247 g/mol. The smallest absolute Gasteiger partial charge is 0.252 e. The third kappa shape index (κ3) is 2.25. The molecule has 0 saturated carbocycles. The highest BCUT2D eigenvalue weighted by atomic mass is 19.1. The Morgan fingerprint density at radius 2 is 1.89 bits per heavy atom. The lowest BCUT2D eigenvalue weighted by molar-refractivity contribution is 0.581. The first kappa shape index (κ1) is 12.3. The van der Waals surface area contributed by atoms with Crippen LogP contribution in [0.1, 0.15) is 25.2 Å². The third-order valence-electron chi connectivity index (χ3n) is 2.92. The van der Waals surface area contributed by atoms with Crippen LogP contribution in [0.4, 0.5) is 10.2 Å². The summed E-state index contributed by atoms with van der Waals surface area (Å²) in [5, 5.41) is 0. The first-order valence-electron chi connectivity index (χ1n) is 5.53. The Kier molecular flexibility index (Phi) is 2.90. The molecule has 1 aromatic heterocycles. The molecule has 0 radical (unpaired) electrons. The SMILES string of the molecule is CC(C)(c1ccc(F)cc1)c1nc(N)cc(=O)[nH]1. The van der Waals surface area contributed by atoms with Crippen LogP contribution in [0.25, 0.3) is 0 Å². The lowest BCUT2D eigenvalue weighted by Crippen LogP contribution is -2.26. The fourth-order valence-corrected chi connectivity index (χ4v) is 1.78. The Bertz CT molecular complexity index is 617. The van der Waals surface area contributed by atoms with E-state index in [2.05, 4.69) is 9.97 Å². The van der Waals surface area contributed by atoms with Crippen LogP contribution in [0, 0.1) is 5.82 Å². The first-order valence-corrected chi connectivity index (χ1v) is 5.53. The summed E-state index contributed by atoms with van der Waals surface area (Å²) in [5.74, 6) is 0.326. The number of anilines is 1. The van der Waals surface area contributed by atoms with E-state index in [1.54, 1.807) is 12.1 Å². The van der Waals surface area contributed by atoms with Crippen molar-refractivity contribution in [2.24, 2.45) is 0 Å². The molecule has 3 N–H and O–H groups in total. The van der Waals surface area contributed by atoms with E-state index in [-0.39, 0.29) is 17.2 Å². The summed E-state index contributed by atoms with van der Waals surface area (Å²) in [5.41, 5.74) is 5.56. The number of aromatic amines is 1. The number of rotatable bonds is 2. The zero-order valence-electron chi connectivity index (χ0n) is 10.2. The van der Waals surface area contributed by atoms with Crippen molar-refractivity contribution in [1.29, 1.82) is 0 Å². The van der Waals surface area contributed by atoms with Crippen molar-refractivity contribution < 1.29 is 4.39 Å². The van der Waals surface area contributed by atoms with E-state index in [1.807, 2.05) is 13.8 Å². The van der Waals surface area contributed by atoms with Crippen LogP contribution in [-0.2, 0) is 5.41 Å². The second-order valence-electron chi connectivity index (χ2n) is 4.65. The lowest BCUT2D eigenvalue weighted by atomic mass is 9.84. The van der Waals surface area contributed by atoms with Crippen LogP contribution >= 0.6 is 0 Å². The number of halogens is 1. The quantitative estimate of drug-likeness (QED) is 0.850. The standard InChI is InChI=1S/C13H14FN3O/c1-13(2,8-3-5-9(14)6-4-8)12-16-10(15)7-11(18)17-12/h3-7H,1-2H3,(H3,15,16,17,18). The Morgan fingerprint density at radius 3 is 2.44 bits per heavy atom. The third-order valence-corrected chi connectivity index (χ3v) is 2.92. The molecule has 5 heteroatoms. The molecule has 1 aromatic carbocycles. The Hall–Kier alpha value is -2.17. The van der Waals surface area contributed by atoms with Crippen molar-refractivity contribution in [2.45, 2.75) is 19.3 Å². The number of aromatic nitrogens is 2. The Morgan fingerprint density at radius 1 is 1.28 bits per heavy atom. The van der Waals surface area contributed by atoms with Gasteiger partial charge in [-0.15, -0.1) is 0 Å². The number of hydrogen-bond acceptors (Lipinski definition) is 3. The lowest BCUT2D eigenvalue weighted by Gasteiger charge is -2.24. The fourth-order valence-electron chi connectivity index (χ4n) is 1.78. The minimum atomic E-state index is -0.553. The van der Waals surface area contributed by atoms with E-state index in [1.165, 1.54) is 18.2 Å². The first-order chi connectivity index (χ1) is 8.39. The summed E-state index contributed by atoms with van der Waals surface area (Å²) in [6, 6.07) is 7.31. The molecular weight excluding hydrogens is 233 g/mol. The van der Waals surface area contributed by atoms with Gasteiger partial charge in [-0.05, 0) is 31.5 Å². The topological polar surface area (TPSA) is 71.8 Å². The van der Waals surface area contributed by atoms with Crippen molar-refractivity contribution >= 4 is 5.82 Å². The summed E-state index contributed by atoms with van der Waals surface area (Å²) in [6.45, 7) is 3.77. The van der Waals surface area contributed by atoms with E-state index >= 15 is 0 Å². The largest absolute Gasteiger partial charge is 0.383 e. The average molecular weight is 247 g/mol. The highest BCUT2D eigenvalue weighted by molar-refractivity contribution is 5.34. The van der Waals surface area contributed by atoms with E-state index in [9.17, 15) is 9.18 Å². The number of nitrogens with zero attached hydrogens (tertiary/aromatic N) is 1. The van der Waals surface area contributed by atoms with Crippen LogP contribution in [-0.4, -0.2) is 9.97 Å². The van der Waals surface area contributed by atoms with Gasteiger partial charge in [-0.3, -0.25) is 4.79 Å². The summed E-state index contributed by atoms with van der Waals surface area (Å²) in [7, 11) is 0. The Labute approximate surface area is 104 Å². The summed E-state index contributed by atoms with van der Waals surface area (Å²) < 4.78 is 12.9. The predicted molar refractivity (Wildman–Crippen MR) is 67.8 cm³/mol. The van der Waals surface area contributed by atoms with Crippen LogP contribution in [0.15, 0.2) is 35.1 Å². The highest BCUT2D eigenvalue weighted by Crippen LogP contribution is 2.28. The molecule has 94 valence electrons. The molecule has 0 aliphatic carbocycles. The molecule has 0 saturated heterocycles. The number of nitrogens with two attached hydrogens (primary N) is 1. The van der Waals surface area contributed by atoms with Gasteiger partial charge >= 0.3 is 0 Å². The number of H-pyrrole nitrogens is 1. The van der Waals surface area contributed by atoms with Crippen molar-refractivity contribution in [1.82, 2.24) is 9.97 Å². The van der Waals surface area contributed by atoms with Gasteiger partial charge in [0, 0.05) is 11.5 Å². The molecule has 2 aromatic rings. The fraction of sp³-hybridized carbons (Fsp3) is 0.231. The number of nitrogens with one attached hydrogen (secondary N) is 1. The van der Waals surface area contributed by atoms with Crippen LogP contribution in [0.3, 0.4) is 0 Å². The van der Waals surface area contributed by atoms with Crippen molar-refractivity contribution in [3.05, 3.63) is 57.9 Å². The number of nitrogen functional groups attached to an aromatic ring is 1. The van der Waals surface area contributed by atoms with Gasteiger partial charge in [0.05, 0.1) is 0 Å². The second-order valence-corrected chi connectivity index (χ2v) is 4.65. The van der Waals surface area contributed by atoms with Crippen molar-refractivity contribution in [3.8, 4) is 0 Å². The molecule has 0 unspecified atom stereocenters. The number of benzene rings is 1. The van der Waals surface area contributed by atoms with E-state index in [0.717, 1.165) is 5.56 Å². The minimum Gasteiger partial charge on any atom is -0.383 e. The molecule has 0 amide bonds. The molecule has 0 aliphatic heterocycles.